The minimum Gasteiger partial charge on any atom is -0.465 e. The quantitative estimate of drug-likeness (QED) is 0.388. The van der Waals surface area contributed by atoms with Crippen molar-refractivity contribution < 1.29 is 24.2 Å². The number of aliphatic hydroxyl groups excluding tert-OH is 1. The summed E-state index contributed by atoms with van der Waals surface area (Å²) >= 11 is 13.6. The van der Waals surface area contributed by atoms with Crippen LogP contribution in [0.3, 0.4) is 0 Å². The number of carboxylic acid groups (broad SMARTS) is 1. The van der Waals surface area contributed by atoms with Crippen LogP contribution in [-0.2, 0) is 0 Å². The molecular formula is C14H14Cl2FIN2O4. The molecule has 24 heavy (non-hydrogen) atoms. The van der Waals surface area contributed by atoms with E-state index < -0.39 is 23.9 Å². The van der Waals surface area contributed by atoms with Crippen LogP contribution < -0.4 is 0 Å². The van der Waals surface area contributed by atoms with E-state index in [2.05, 4.69) is 0 Å². The maximum absolute atomic E-state index is 14.4. The number of piperazine rings is 1. The van der Waals surface area contributed by atoms with Gasteiger partial charge in [-0.2, -0.15) is 0 Å². The minimum atomic E-state index is -1.10. The zero-order valence-corrected chi connectivity index (χ0v) is 16.0. The molecular weight excluding hydrogens is 477 g/mol. The number of aliphatic hydroxyl groups is 1. The normalized spacial score (nSPS) is 18.0. The first-order valence-electron chi connectivity index (χ1n) is 7.00. The third-order valence-electron chi connectivity index (χ3n) is 3.81. The summed E-state index contributed by atoms with van der Waals surface area (Å²) in [5.74, 6) is -1.49. The minimum absolute atomic E-state index is 0.0507. The predicted octanol–water partition coefficient (Wildman–Crippen LogP) is 2.92. The van der Waals surface area contributed by atoms with E-state index >= 15 is 0 Å². The molecule has 1 aromatic rings. The fraction of sp³-hybridized carbons (Fsp3) is 0.429. The van der Waals surface area contributed by atoms with Crippen LogP contribution in [0.4, 0.5) is 9.18 Å². The van der Waals surface area contributed by atoms with E-state index in [1.807, 2.05) is 0 Å². The molecule has 1 fully saturated rings. The largest absolute Gasteiger partial charge is 0.465 e. The van der Waals surface area contributed by atoms with Crippen molar-refractivity contribution in [3.05, 3.63) is 31.1 Å². The highest BCUT2D eigenvalue weighted by Crippen LogP contribution is 2.32. The van der Waals surface area contributed by atoms with E-state index in [9.17, 15) is 19.1 Å². The molecule has 0 saturated carbocycles. The highest BCUT2D eigenvalue weighted by molar-refractivity contribution is 14.1. The standard InChI is InChI=1S/C14H14Cl2FIN2O4/c15-9-5-8(11(17)10(16)12(9)18)13(22)20-3-2-19(14(23)24)6-7(20)1-4-21/h5,7,21H,1-4,6H2,(H,23,24)/t7-/m1/s1. The molecule has 1 aliphatic heterocycles. The number of halogens is 4. The Morgan fingerprint density at radius 3 is 2.62 bits per heavy atom. The maximum atomic E-state index is 14.4. The van der Waals surface area contributed by atoms with Crippen molar-refractivity contribution in [2.45, 2.75) is 12.5 Å². The van der Waals surface area contributed by atoms with Crippen LogP contribution in [-0.4, -0.2) is 64.3 Å². The highest BCUT2D eigenvalue weighted by Gasteiger charge is 2.34. The number of amides is 2. The summed E-state index contributed by atoms with van der Waals surface area (Å²) in [5.41, 5.74) is -0.267. The number of carbonyl (C=O) groups excluding carboxylic acids is 1. The molecule has 1 heterocycles. The summed E-state index contributed by atoms with van der Waals surface area (Å²) in [7, 11) is 0. The zero-order valence-electron chi connectivity index (χ0n) is 12.3. The Labute approximate surface area is 161 Å². The molecule has 0 aromatic heterocycles. The molecule has 2 N–H and O–H groups in total. The number of hydrogen-bond acceptors (Lipinski definition) is 3. The molecule has 0 unspecified atom stereocenters. The molecule has 132 valence electrons. The smallest absolute Gasteiger partial charge is 0.407 e. The lowest BCUT2D eigenvalue weighted by atomic mass is 10.1. The maximum Gasteiger partial charge on any atom is 0.407 e. The second kappa shape index (κ2) is 8.03. The first-order valence-corrected chi connectivity index (χ1v) is 8.84. The molecule has 1 aromatic carbocycles. The summed E-state index contributed by atoms with van der Waals surface area (Å²) < 4.78 is 14.7. The van der Waals surface area contributed by atoms with E-state index in [1.54, 1.807) is 22.6 Å². The molecule has 10 heteroatoms. The van der Waals surface area contributed by atoms with Gasteiger partial charge in [-0.25, -0.2) is 9.18 Å². The van der Waals surface area contributed by atoms with Crippen LogP contribution in [0.25, 0.3) is 0 Å². The van der Waals surface area contributed by atoms with Crippen molar-refractivity contribution in [3.8, 4) is 0 Å². The van der Waals surface area contributed by atoms with E-state index in [1.165, 1.54) is 11.0 Å². The molecule has 2 rings (SSSR count). The van der Waals surface area contributed by atoms with Crippen LogP contribution >= 0.6 is 45.8 Å². The molecule has 1 atom stereocenters. The molecule has 0 bridgehead atoms. The Balaban J connectivity index is 2.33. The van der Waals surface area contributed by atoms with Crippen molar-refractivity contribution >= 4 is 57.8 Å². The number of hydrogen-bond donors (Lipinski definition) is 2. The summed E-state index contributed by atoms with van der Waals surface area (Å²) in [6, 6.07) is 0.662. The predicted molar refractivity (Wildman–Crippen MR) is 95.3 cm³/mol. The lowest BCUT2D eigenvalue weighted by Crippen LogP contribution is -2.56. The molecule has 1 aliphatic rings. The Morgan fingerprint density at radius 2 is 2.04 bits per heavy atom. The first kappa shape index (κ1) is 19.5. The fourth-order valence-corrected chi connectivity index (χ4v) is 3.42. The van der Waals surface area contributed by atoms with Gasteiger partial charge in [-0.1, -0.05) is 23.2 Å². The second-order valence-electron chi connectivity index (χ2n) is 5.24. The number of benzene rings is 1. The average Bonchev–Trinajstić information content (AvgIpc) is 2.55. The second-order valence-corrected chi connectivity index (χ2v) is 7.11. The van der Waals surface area contributed by atoms with Crippen LogP contribution in [0.2, 0.25) is 10.0 Å². The lowest BCUT2D eigenvalue weighted by Gasteiger charge is -2.40. The summed E-state index contributed by atoms with van der Waals surface area (Å²) in [4.78, 5) is 26.3. The average molecular weight is 491 g/mol. The summed E-state index contributed by atoms with van der Waals surface area (Å²) in [6.07, 6.45) is -0.917. The van der Waals surface area contributed by atoms with Crippen LogP contribution in [0.5, 0.6) is 0 Å². The van der Waals surface area contributed by atoms with Crippen LogP contribution in [0, 0.1) is 9.39 Å². The number of rotatable bonds is 3. The van der Waals surface area contributed by atoms with Gasteiger partial charge in [0.05, 0.1) is 25.2 Å². The van der Waals surface area contributed by atoms with E-state index in [0.29, 0.717) is 3.57 Å². The molecule has 6 nitrogen and oxygen atoms in total. The van der Waals surface area contributed by atoms with E-state index in [-0.39, 0.29) is 48.3 Å². The highest BCUT2D eigenvalue weighted by atomic mass is 127. The van der Waals surface area contributed by atoms with Crippen molar-refractivity contribution in [1.29, 1.82) is 0 Å². The molecule has 0 aliphatic carbocycles. The van der Waals surface area contributed by atoms with Gasteiger partial charge in [-0.3, -0.25) is 4.79 Å². The third-order valence-corrected chi connectivity index (χ3v) is 6.22. The number of carbonyl (C=O) groups is 2. The van der Waals surface area contributed by atoms with Gasteiger partial charge >= 0.3 is 6.09 Å². The van der Waals surface area contributed by atoms with Gasteiger partial charge in [0.25, 0.3) is 5.91 Å². The van der Waals surface area contributed by atoms with Gasteiger partial charge in [0, 0.05) is 26.2 Å². The van der Waals surface area contributed by atoms with Gasteiger partial charge in [0.1, 0.15) is 0 Å². The van der Waals surface area contributed by atoms with Crippen molar-refractivity contribution in [2.24, 2.45) is 0 Å². The monoisotopic (exact) mass is 490 g/mol. The van der Waals surface area contributed by atoms with E-state index in [4.69, 9.17) is 28.3 Å². The first-order chi connectivity index (χ1) is 11.3. The van der Waals surface area contributed by atoms with Gasteiger partial charge in [0.15, 0.2) is 5.82 Å². The molecule has 1 saturated heterocycles. The Morgan fingerprint density at radius 1 is 1.38 bits per heavy atom. The Hall–Kier alpha value is -0.840. The molecule has 0 spiro atoms. The van der Waals surface area contributed by atoms with Crippen molar-refractivity contribution in [1.82, 2.24) is 9.80 Å². The fourth-order valence-electron chi connectivity index (χ4n) is 2.58. The van der Waals surface area contributed by atoms with Crippen LogP contribution in [0.15, 0.2) is 6.07 Å². The SMILES string of the molecule is O=C(O)N1CCN(C(=O)c2cc(Cl)c(I)c(Cl)c2F)[C@H](CCO)C1. The molecule has 2 amide bonds. The van der Waals surface area contributed by atoms with Crippen molar-refractivity contribution in [3.63, 3.8) is 0 Å². The van der Waals surface area contributed by atoms with Crippen LogP contribution in [0.1, 0.15) is 16.8 Å². The third kappa shape index (κ3) is 3.87. The van der Waals surface area contributed by atoms with Gasteiger partial charge in [-0.15, -0.1) is 0 Å². The zero-order chi connectivity index (χ0) is 18.0. The van der Waals surface area contributed by atoms with Gasteiger partial charge in [-0.05, 0) is 35.1 Å². The van der Waals surface area contributed by atoms with Gasteiger partial charge in [0.2, 0.25) is 0 Å². The Kier molecular flexibility index (Phi) is 6.52. The summed E-state index contributed by atoms with van der Waals surface area (Å²) in [6.45, 7) is 0.0284. The number of nitrogens with zero attached hydrogens (tertiary/aromatic N) is 2. The Bertz CT molecular complexity index is 677. The lowest BCUT2D eigenvalue weighted by molar-refractivity contribution is 0.0394. The summed E-state index contributed by atoms with van der Waals surface area (Å²) in [5, 5.41) is 18.2. The van der Waals surface area contributed by atoms with Crippen molar-refractivity contribution in [2.75, 3.05) is 26.2 Å². The molecule has 0 radical (unpaired) electrons. The topological polar surface area (TPSA) is 81.1 Å². The van der Waals surface area contributed by atoms with E-state index in [0.717, 1.165) is 4.90 Å². The van der Waals surface area contributed by atoms with Gasteiger partial charge < -0.3 is 20.0 Å².